The van der Waals surface area contributed by atoms with E-state index in [1.807, 2.05) is 12.1 Å². The molecule has 0 spiro atoms. The molecule has 2 heterocycles. The molecule has 0 saturated carbocycles. The molecular formula is C18H16BrF3N4O2S. The van der Waals surface area contributed by atoms with Crippen molar-refractivity contribution in [1.29, 1.82) is 0 Å². The Morgan fingerprint density at radius 1 is 1.17 bits per heavy atom. The third kappa shape index (κ3) is 4.78. The van der Waals surface area contributed by atoms with E-state index in [0.29, 0.717) is 17.1 Å². The summed E-state index contributed by atoms with van der Waals surface area (Å²) < 4.78 is 61.9. The number of benzene rings is 1. The van der Waals surface area contributed by atoms with Crippen molar-refractivity contribution in [1.82, 2.24) is 15.0 Å². The monoisotopic (exact) mass is 488 g/mol. The summed E-state index contributed by atoms with van der Waals surface area (Å²) in [6, 6.07) is 7.98. The summed E-state index contributed by atoms with van der Waals surface area (Å²) in [6.45, 7) is 2.07. The average Bonchev–Trinajstić information content (AvgIpc) is 3.13. The maximum atomic E-state index is 12.6. The number of pyridine rings is 1. The lowest BCUT2D eigenvalue weighted by Gasteiger charge is -2.12. The number of anilines is 1. The van der Waals surface area contributed by atoms with Crippen molar-refractivity contribution >= 4 is 31.6 Å². The lowest BCUT2D eigenvalue weighted by molar-refractivity contribution is -0.0429. The molecule has 29 heavy (non-hydrogen) atoms. The van der Waals surface area contributed by atoms with Crippen LogP contribution in [0.5, 0.6) is 0 Å². The van der Waals surface area contributed by atoms with Crippen molar-refractivity contribution in [2.75, 3.05) is 4.72 Å². The second-order valence-corrected chi connectivity index (χ2v) is 8.69. The minimum Gasteiger partial charge on any atom is -0.344 e. The topological polar surface area (TPSA) is 87.7 Å². The first-order valence-corrected chi connectivity index (χ1v) is 10.8. The van der Waals surface area contributed by atoms with Crippen molar-refractivity contribution in [2.24, 2.45) is 0 Å². The van der Waals surface area contributed by atoms with E-state index in [9.17, 15) is 21.6 Å². The van der Waals surface area contributed by atoms with Gasteiger partial charge >= 0.3 is 15.5 Å². The van der Waals surface area contributed by atoms with Crippen LogP contribution < -0.4 is 4.72 Å². The highest BCUT2D eigenvalue weighted by molar-refractivity contribution is 9.10. The molecule has 2 N–H and O–H groups in total. The summed E-state index contributed by atoms with van der Waals surface area (Å²) in [5.41, 5.74) is -2.66. The van der Waals surface area contributed by atoms with Crippen molar-refractivity contribution in [3.8, 4) is 22.6 Å². The smallest absolute Gasteiger partial charge is 0.344 e. The van der Waals surface area contributed by atoms with Gasteiger partial charge in [-0.2, -0.15) is 21.6 Å². The largest absolute Gasteiger partial charge is 0.516 e. The number of sulfonamides is 1. The lowest BCUT2D eigenvalue weighted by atomic mass is 10.1. The summed E-state index contributed by atoms with van der Waals surface area (Å²) in [4.78, 5) is 11.9. The molecule has 1 aromatic carbocycles. The maximum Gasteiger partial charge on any atom is 0.516 e. The summed E-state index contributed by atoms with van der Waals surface area (Å²) in [7, 11) is -5.50. The van der Waals surface area contributed by atoms with E-state index < -0.39 is 15.5 Å². The van der Waals surface area contributed by atoms with E-state index in [4.69, 9.17) is 0 Å². The van der Waals surface area contributed by atoms with E-state index in [0.717, 1.165) is 24.1 Å². The van der Waals surface area contributed by atoms with Crippen molar-refractivity contribution < 1.29 is 21.6 Å². The Labute approximate surface area is 173 Å². The number of nitrogens with one attached hydrogen (secondary N) is 2. The molecule has 0 unspecified atom stereocenters. The van der Waals surface area contributed by atoms with Gasteiger partial charge in [-0.3, -0.25) is 9.71 Å². The molecule has 0 fully saturated rings. The van der Waals surface area contributed by atoms with Crippen LogP contribution >= 0.6 is 15.9 Å². The van der Waals surface area contributed by atoms with Gasteiger partial charge < -0.3 is 4.98 Å². The van der Waals surface area contributed by atoms with Gasteiger partial charge in [-0.1, -0.05) is 19.4 Å². The fourth-order valence-corrected chi connectivity index (χ4v) is 3.79. The van der Waals surface area contributed by atoms with Crippen LogP contribution in [0.4, 0.5) is 18.9 Å². The number of halogens is 4. The van der Waals surface area contributed by atoms with Crippen LogP contribution in [-0.4, -0.2) is 28.9 Å². The van der Waals surface area contributed by atoms with Crippen LogP contribution in [0.25, 0.3) is 22.6 Å². The molecule has 3 rings (SSSR count). The van der Waals surface area contributed by atoms with Gasteiger partial charge in [0.2, 0.25) is 0 Å². The quantitative estimate of drug-likeness (QED) is 0.504. The second kappa shape index (κ2) is 8.15. The van der Waals surface area contributed by atoms with Gasteiger partial charge in [0.15, 0.2) is 0 Å². The molecule has 0 aliphatic carbocycles. The van der Waals surface area contributed by atoms with E-state index in [-0.39, 0.29) is 10.2 Å². The van der Waals surface area contributed by atoms with E-state index in [1.165, 1.54) is 22.9 Å². The van der Waals surface area contributed by atoms with Gasteiger partial charge in [-0.25, -0.2) is 4.98 Å². The number of hydrogen-bond acceptors (Lipinski definition) is 4. The first kappa shape index (κ1) is 21.3. The number of aromatic nitrogens is 3. The minimum atomic E-state index is -5.50. The SMILES string of the molecule is CCCc1cc(-c2nc(-c3ccc(NS(=O)(=O)C(F)(F)F)c(Br)c3)c[nH]2)ccn1. The van der Waals surface area contributed by atoms with Crippen LogP contribution in [0.3, 0.4) is 0 Å². The van der Waals surface area contributed by atoms with Crippen molar-refractivity contribution in [3.63, 3.8) is 0 Å². The Morgan fingerprint density at radius 3 is 2.59 bits per heavy atom. The molecule has 0 saturated heterocycles. The third-order valence-electron chi connectivity index (χ3n) is 3.99. The van der Waals surface area contributed by atoms with Crippen LogP contribution in [0.1, 0.15) is 19.0 Å². The standard InChI is InChI=1S/C18H16BrF3N4O2S/c1-2-3-13-8-12(6-7-23-13)17-24-10-16(25-17)11-4-5-15(14(19)9-11)26-29(27,28)18(20,21)22/h4-10,26H,2-3H2,1H3,(H,24,25). The molecule has 0 amide bonds. The first-order valence-electron chi connectivity index (χ1n) is 8.50. The Bertz CT molecular complexity index is 1130. The van der Waals surface area contributed by atoms with Gasteiger partial charge in [-0.05, 0) is 46.6 Å². The molecule has 0 bridgehead atoms. The van der Waals surface area contributed by atoms with Crippen molar-refractivity contribution in [3.05, 3.63) is 52.9 Å². The van der Waals surface area contributed by atoms with Crippen LogP contribution in [0.2, 0.25) is 0 Å². The predicted octanol–water partition coefficient (Wildman–Crippen LogP) is 5.12. The van der Waals surface area contributed by atoms with Crippen LogP contribution in [0, 0.1) is 0 Å². The molecular weight excluding hydrogens is 473 g/mol. The molecule has 11 heteroatoms. The Balaban J connectivity index is 1.86. The van der Waals surface area contributed by atoms with Gasteiger partial charge in [0.05, 0.1) is 11.4 Å². The molecule has 154 valence electrons. The molecule has 3 aromatic rings. The Morgan fingerprint density at radius 2 is 1.93 bits per heavy atom. The lowest BCUT2D eigenvalue weighted by Crippen LogP contribution is -2.30. The van der Waals surface area contributed by atoms with Gasteiger partial charge in [-0.15, -0.1) is 0 Å². The minimum absolute atomic E-state index is 0.154. The fourth-order valence-electron chi connectivity index (χ4n) is 2.60. The fraction of sp³-hybridized carbons (Fsp3) is 0.222. The zero-order chi connectivity index (χ0) is 21.2. The number of H-pyrrole nitrogens is 1. The summed E-state index contributed by atoms with van der Waals surface area (Å²) in [5, 5.41) is 0. The Kier molecular flexibility index (Phi) is 5.99. The highest BCUT2D eigenvalue weighted by atomic mass is 79.9. The number of imidazole rings is 1. The first-order chi connectivity index (χ1) is 13.6. The number of alkyl halides is 3. The molecule has 6 nitrogen and oxygen atoms in total. The van der Waals surface area contributed by atoms with E-state index in [1.54, 1.807) is 12.4 Å². The average molecular weight is 489 g/mol. The second-order valence-electron chi connectivity index (χ2n) is 6.17. The van der Waals surface area contributed by atoms with Gasteiger partial charge in [0.25, 0.3) is 0 Å². The summed E-state index contributed by atoms with van der Waals surface area (Å²) in [5.74, 6) is 0.623. The zero-order valence-electron chi connectivity index (χ0n) is 15.1. The highest BCUT2D eigenvalue weighted by Gasteiger charge is 2.46. The summed E-state index contributed by atoms with van der Waals surface area (Å²) >= 11 is 3.10. The van der Waals surface area contributed by atoms with Crippen LogP contribution in [0.15, 0.2) is 47.2 Å². The van der Waals surface area contributed by atoms with Gasteiger partial charge in [0.1, 0.15) is 5.82 Å². The number of aromatic amines is 1. The number of nitrogens with zero attached hydrogens (tertiary/aromatic N) is 2. The van der Waals surface area contributed by atoms with Crippen LogP contribution in [-0.2, 0) is 16.4 Å². The molecule has 0 aliphatic rings. The maximum absolute atomic E-state index is 12.6. The Hall–Kier alpha value is -2.40. The van der Waals surface area contributed by atoms with Gasteiger partial charge in [0, 0.05) is 33.7 Å². The highest BCUT2D eigenvalue weighted by Crippen LogP contribution is 2.32. The predicted molar refractivity (Wildman–Crippen MR) is 108 cm³/mol. The molecule has 0 atom stereocenters. The zero-order valence-corrected chi connectivity index (χ0v) is 17.5. The number of aryl methyl sites for hydroxylation is 1. The van der Waals surface area contributed by atoms with E-state index in [2.05, 4.69) is 37.8 Å². The number of hydrogen-bond donors (Lipinski definition) is 2. The number of rotatable bonds is 6. The summed E-state index contributed by atoms with van der Waals surface area (Å²) in [6.07, 6.45) is 5.19. The molecule has 0 aliphatic heterocycles. The third-order valence-corrected chi connectivity index (χ3v) is 5.74. The van der Waals surface area contributed by atoms with E-state index >= 15 is 0 Å². The van der Waals surface area contributed by atoms with Crippen molar-refractivity contribution in [2.45, 2.75) is 25.3 Å². The molecule has 2 aromatic heterocycles. The molecule has 0 radical (unpaired) electrons. The normalized spacial score (nSPS) is 12.2.